The Kier molecular flexibility index (Phi) is 75.6. The number of unbranched alkanes of at least 4 members (excludes halogenated alkanes) is 26. The fraction of sp³-hybridized carbons (Fsp3) is 0.609. The maximum atomic E-state index is 12.8. The van der Waals surface area contributed by atoms with Crippen LogP contribution in [-0.4, -0.2) is 49.3 Å². The van der Waals surface area contributed by atoms with Crippen LogP contribution in [-0.2, 0) is 32.7 Å². The zero-order valence-electron chi connectivity index (χ0n) is 61.7. The minimum atomic E-state index is -4.42. The van der Waals surface area contributed by atoms with Gasteiger partial charge in [0.1, 0.15) is 6.61 Å². The van der Waals surface area contributed by atoms with Gasteiger partial charge in [0.05, 0.1) is 13.2 Å². The lowest BCUT2D eigenvalue weighted by Crippen LogP contribution is -2.29. The molecule has 0 aromatic rings. The second-order valence-corrected chi connectivity index (χ2v) is 26.6. The molecule has 0 aromatic heterocycles. The highest BCUT2D eigenvalue weighted by Crippen LogP contribution is 2.43. The number of carbonyl (C=O) groups excluding carboxylic acids is 2. The molecule has 0 saturated heterocycles. The molecular formula is C87H142NO8P. The van der Waals surface area contributed by atoms with Gasteiger partial charge in [0.25, 0.3) is 0 Å². The number of carbonyl (C=O) groups is 2. The van der Waals surface area contributed by atoms with Gasteiger partial charge in [-0.05, 0) is 141 Å². The summed E-state index contributed by atoms with van der Waals surface area (Å²) in [7, 11) is -4.42. The second kappa shape index (κ2) is 79.8. The number of rotatable bonds is 71. The highest BCUT2D eigenvalue weighted by molar-refractivity contribution is 7.47. The summed E-state index contributed by atoms with van der Waals surface area (Å²) < 4.78 is 33.2. The van der Waals surface area contributed by atoms with E-state index in [0.29, 0.717) is 6.42 Å². The van der Waals surface area contributed by atoms with Crippen LogP contribution < -0.4 is 5.73 Å². The number of nitrogens with two attached hydrogens (primary N) is 1. The second-order valence-electron chi connectivity index (χ2n) is 25.1. The third-order valence-electron chi connectivity index (χ3n) is 16.0. The van der Waals surface area contributed by atoms with Crippen molar-refractivity contribution in [3.8, 4) is 0 Å². The molecule has 10 heteroatoms. The van der Waals surface area contributed by atoms with E-state index in [-0.39, 0.29) is 32.6 Å². The standard InChI is InChI=1S/C87H142NO8P/c1-3-5-7-9-11-13-15-17-19-21-23-25-27-29-31-33-35-37-39-41-42-44-46-48-50-52-54-56-58-60-62-64-66-68-70-72-74-76-78-80-87(90)96-85(84-95-97(91,92)94-82-81-88)83-93-86(89)79-77-75-73-71-69-67-65-63-61-59-57-55-53-51-49-47-45-43-40-38-36-34-32-30-28-26-24-22-20-18-16-14-12-10-8-6-4-2/h5-8,11-14,17-20,23-26,29,31,35,37,41-42,46,48,52,54,58,60,64,66,70,72,85H,3-4,9-10,15-16,21-22,27-28,30,32-34,36,38-40,43-45,47,49-51,53,55-57,59,61-63,65,67-69,71,73-84,88H2,1-2H3,(H,91,92)/b7-5-,8-6-,13-11-,14-12-,19-17-,20-18-,25-23-,26-24-,31-29-,37-35-,42-41-,48-46-,54-52-,60-58-,66-64-,72-70-. The summed E-state index contributed by atoms with van der Waals surface area (Å²) in [6, 6.07) is 0. The van der Waals surface area contributed by atoms with E-state index >= 15 is 0 Å². The summed E-state index contributed by atoms with van der Waals surface area (Å²) >= 11 is 0. The van der Waals surface area contributed by atoms with E-state index in [1.54, 1.807) is 0 Å². The molecule has 3 N–H and O–H groups in total. The third kappa shape index (κ3) is 79.7. The first-order valence-corrected chi connectivity index (χ1v) is 40.4. The number of hydrogen-bond acceptors (Lipinski definition) is 8. The van der Waals surface area contributed by atoms with E-state index in [4.69, 9.17) is 24.3 Å². The molecule has 0 rings (SSSR count). The zero-order valence-corrected chi connectivity index (χ0v) is 62.6. The molecule has 0 aliphatic rings. The van der Waals surface area contributed by atoms with E-state index in [1.807, 2.05) is 0 Å². The van der Waals surface area contributed by atoms with Crippen LogP contribution in [0.15, 0.2) is 194 Å². The van der Waals surface area contributed by atoms with Gasteiger partial charge in [-0.3, -0.25) is 18.6 Å². The van der Waals surface area contributed by atoms with Gasteiger partial charge in [-0.15, -0.1) is 0 Å². The lowest BCUT2D eigenvalue weighted by molar-refractivity contribution is -0.161. The molecule has 548 valence electrons. The Balaban J connectivity index is 3.96. The zero-order chi connectivity index (χ0) is 70.0. The Labute approximate surface area is 596 Å². The van der Waals surface area contributed by atoms with Gasteiger partial charge in [-0.1, -0.05) is 350 Å². The smallest absolute Gasteiger partial charge is 0.462 e. The van der Waals surface area contributed by atoms with Crippen LogP contribution in [0.25, 0.3) is 0 Å². The fourth-order valence-corrected chi connectivity index (χ4v) is 11.1. The van der Waals surface area contributed by atoms with Crippen molar-refractivity contribution in [1.29, 1.82) is 0 Å². The summed E-state index contributed by atoms with van der Waals surface area (Å²) in [5.74, 6) is -0.882. The first-order chi connectivity index (χ1) is 47.8. The van der Waals surface area contributed by atoms with Crippen LogP contribution in [0.2, 0.25) is 0 Å². The van der Waals surface area contributed by atoms with Crippen LogP contribution >= 0.6 is 7.82 Å². The molecule has 0 aliphatic heterocycles. The average molecular weight is 1360 g/mol. The number of esters is 2. The van der Waals surface area contributed by atoms with Crippen LogP contribution in [0.4, 0.5) is 0 Å². The molecule has 0 spiro atoms. The fourth-order valence-electron chi connectivity index (χ4n) is 10.3. The molecule has 2 atom stereocenters. The summed E-state index contributed by atoms with van der Waals surface area (Å²) in [5, 5.41) is 0. The Bertz CT molecular complexity index is 2300. The van der Waals surface area contributed by atoms with Crippen molar-refractivity contribution in [1.82, 2.24) is 0 Å². The number of allylic oxidation sites excluding steroid dienone is 32. The van der Waals surface area contributed by atoms with Crippen LogP contribution in [0, 0.1) is 0 Å². The maximum Gasteiger partial charge on any atom is 0.472 e. The van der Waals surface area contributed by atoms with Crippen molar-refractivity contribution in [2.75, 3.05) is 26.4 Å². The summed E-state index contributed by atoms with van der Waals surface area (Å²) in [5.41, 5.74) is 5.41. The van der Waals surface area contributed by atoms with Gasteiger partial charge < -0.3 is 20.1 Å². The Morgan fingerprint density at radius 1 is 0.309 bits per heavy atom. The van der Waals surface area contributed by atoms with Crippen molar-refractivity contribution in [2.45, 2.75) is 315 Å². The maximum absolute atomic E-state index is 12.8. The van der Waals surface area contributed by atoms with Gasteiger partial charge in [-0.25, -0.2) is 4.57 Å². The highest BCUT2D eigenvalue weighted by atomic mass is 31.2. The van der Waals surface area contributed by atoms with E-state index in [9.17, 15) is 19.0 Å². The molecule has 0 radical (unpaired) electrons. The van der Waals surface area contributed by atoms with Crippen LogP contribution in [0.3, 0.4) is 0 Å². The lowest BCUT2D eigenvalue weighted by atomic mass is 10.0. The van der Waals surface area contributed by atoms with Crippen molar-refractivity contribution >= 4 is 19.8 Å². The molecule has 0 bridgehead atoms. The Morgan fingerprint density at radius 2 is 0.536 bits per heavy atom. The number of phosphoric acid groups is 1. The predicted molar refractivity (Wildman–Crippen MR) is 422 cm³/mol. The van der Waals surface area contributed by atoms with E-state index in [2.05, 4.69) is 208 Å². The normalized spacial score (nSPS) is 14.0. The van der Waals surface area contributed by atoms with E-state index < -0.39 is 32.5 Å². The molecule has 0 amide bonds. The highest BCUT2D eigenvalue weighted by Gasteiger charge is 2.26. The third-order valence-corrected chi connectivity index (χ3v) is 17.0. The van der Waals surface area contributed by atoms with Gasteiger partial charge in [0, 0.05) is 19.4 Å². The molecule has 0 saturated carbocycles. The van der Waals surface area contributed by atoms with Gasteiger partial charge in [-0.2, -0.15) is 0 Å². The SMILES string of the molecule is CC/C=C\C/C=C\C/C=C\C/C=C\C/C=C\C/C=C\C/C=C\C/C=C\C/C=C\C/C=C\C/C=C\C/C=C\CCCCC(=O)OC(COC(=O)CCCCCCCCCCCCCCCCCCCCCCCCCC/C=C\C/C=C\C/C=C\C/C=C\CC)COP(=O)(O)OCCN. The summed E-state index contributed by atoms with van der Waals surface area (Å²) in [4.78, 5) is 35.4. The summed E-state index contributed by atoms with van der Waals surface area (Å²) in [6.07, 6.45) is 121. The molecular weight excluding hydrogens is 1220 g/mol. The topological polar surface area (TPSA) is 134 Å². The summed E-state index contributed by atoms with van der Waals surface area (Å²) in [6.45, 7) is 3.47. The van der Waals surface area contributed by atoms with Crippen molar-refractivity contribution in [2.24, 2.45) is 5.73 Å². The Morgan fingerprint density at radius 3 is 0.814 bits per heavy atom. The van der Waals surface area contributed by atoms with Crippen molar-refractivity contribution in [3.63, 3.8) is 0 Å². The molecule has 97 heavy (non-hydrogen) atoms. The monoisotopic (exact) mass is 1360 g/mol. The largest absolute Gasteiger partial charge is 0.472 e. The van der Waals surface area contributed by atoms with E-state index in [0.717, 1.165) is 135 Å². The lowest BCUT2D eigenvalue weighted by Gasteiger charge is -2.19. The first-order valence-electron chi connectivity index (χ1n) is 38.9. The van der Waals surface area contributed by atoms with Crippen LogP contribution in [0.5, 0.6) is 0 Å². The van der Waals surface area contributed by atoms with Crippen molar-refractivity contribution in [3.05, 3.63) is 194 Å². The molecule has 0 heterocycles. The number of hydrogen-bond donors (Lipinski definition) is 2. The van der Waals surface area contributed by atoms with Gasteiger partial charge in [0.2, 0.25) is 0 Å². The quantitative estimate of drug-likeness (QED) is 0.0264. The minimum Gasteiger partial charge on any atom is -0.462 e. The predicted octanol–water partition coefficient (Wildman–Crippen LogP) is 26.4. The molecule has 0 aromatic carbocycles. The first kappa shape index (κ1) is 91.8. The minimum absolute atomic E-state index is 0.0380. The van der Waals surface area contributed by atoms with Crippen LogP contribution in [0.1, 0.15) is 309 Å². The van der Waals surface area contributed by atoms with Gasteiger partial charge >= 0.3 is 19.8 Å². The number of phosphoric ester groups is 1. The molecule has 0 aliphatic carbocycles. The Hall–Kier alpha value is -5.15. The number of ether oxygens (including phenoxy) is 2. The van der Waals surface area contributed by atoms with Gasteiger partial charge in [0.15, 0.2) is 6.10 Å². The molecule has 0 fully saturated rings. The van der Waals surface area contributed by atoms with Crippen molar-refractivity contribution < 1.29 is 37.6 Å². The molecule has 9 nitrogen and oxygen atoms in total. The van der Waals surface area contributed by atoms with E-state index in [1.165, 1.54) is 141 Å². The molecule has 2 unspecified atom stereocenters. The average Bonchev–Trinajstić information content (AvgIpc) is 2.88.